The zero-order valence-corrected chi connectivity index (χ0v) is 26.6. The molecule has 7 heteroatoms. The minimum Gasteiger partial charge on any atom is -0.349 e. The average molecular weight is 591 g/mol. The van der Waals surface area contributed by atoms with Crippen LogP contribution in [0.1, 0.15) is 97.3 Å². The maximum Gasteiger partial charge on any atom is 0.234 e. The van der Waals surface area contributed by atoms with Gasteiger partial charge < -0.3 is 10.6 Å². The van der Waals surface area contributed by atoms with Crippen LogP contribution in [0.4, 0.5) is 5.69 Å². The van der Waals surface area contributed by atoms with Gasteiger partial charge in [-0.3, -0.25) is 9.59 Å². The normalized spacial score (nSPS) is 14.7. The number of allylic oxidation sites excluding steroid dienone is 1. The minimum absolute atomic E-state index is 0.0678. The average Bonchev–Trinajstić information content (AvgIpc) is 2.94. The lowest BCUT2D eigenvalue weighted by Gasteiger charge is -2.17. The smallest absolute Gasteiger partial charge is 0.234 e. The molecule has 4 nitrogen and oxygen atoms in total. The number of benzene rings is 1. The Labute approximate surface area is 250 Å². The third-order valence-electron chi connectivity index (χ3n) is 6.54. The second-order valence-corrected chi connectivity index (χ2v) is 13.5. The van der Waals surface area contributed by atoms with E-state index in [1.165, 1.54) is 82.0 Å². The summed E-state index contributed by atoms with van der Waals surface area (Å²) in [6, 6.07) is 8.11. The van der Waals surface area contributed by atoms with E-state index in [9.17, 15) is 9.59 Å². The van der Waals surface area contributed by atoms with Gasteiger partial charge in [0, 0.05) is 15.5 Å². The van der Waals surface area contributed by atoms with Gasteiger partial charge >= 0.3 is 0 Å². The van der Waals surface area contributed by atoms with Crippen molar-refractivity contribution >= 4 is 52.8 Å². The largest absolute Gasteiger partial charge is 0.349 e. The molecule has 0 heterocycles. The van der Waals surface area contributed by atoms with E-state index in [1.807, 2.05) is 24.3 Å². The lowest BCUT2D eigenvalue weighted by molar-refractivity contribution is -0.119. The third-order valence-corrected chi connectivity index (χ3v) is 9.67. The Balaban J connectivity index is 1.56. The molecular formula is C32H50N2O2S3. The van der Waals surface area contributed by atoms with Crippen molar-refractivity contribution in [3.05, 3.63) is 47.4 Å². The van der Waals surface area contributed by atoms with Crippen molar-refractivity contribution in [3.63, 3.8) is 0 Å². The fourth-order valence-electron chi connectivity index (χ4n) is 4.27. The molecule has 0 aliphatic heterocycles. The molecule has 1 aliphatic carbocycles. The molecule has 0 spiro atoms. The fourth-order valence-corrected chi connectivity index (χ4v) is 6.77. The molecule has 0 bridgehead atoms. The number of nitrogens with one attached hydrogen (secondary N) is 2. The highest BCUT2D eigenvalue weighted by atomic mass is 32.2. The number of hydrogen-bond donors (Lipinski definition) is 2. The van der Waals surface area contributed by atoms with Crippen molar-refractivity contribution in [3.8, 4) is 0 Å². The predicted octanol–water partition coefficient (Wildman–Crippen LogP) is 9.23. The highest BCUT2D eigenvalue weighted by Gasteiger charge is 2.13. The van der Waals surface area contributed by atoms with Gasteiger partial charge in [0.2, 0.25) is 11.8 Å². The molecule has 1 aromatic carbocycles. The van der Waals surface area contributed by atoms with Crippen LogP contribution in [0.25, 0.3) is 0 Å². The Morgan fingerprint density at radius 1 is 0.769 bits per heavy atom. The van der Waals surface area contributed by atoms with E-state index >= 15 is 0 Å². The van der Waals surface area contributed by atoms with E-state index in [2.05, 4.69) is 42.7 Å². The van der Waals surface area contributed by atoms with Gasteiger partial charge in [-0.2, -0.15) is 23.5 Å². The van der Waals surface area contributed by atoms with E-state index in [-0.39, 0.29) is 17.9 Å². The molecule has 218 valence electrons. The molecule has 0 radical (unpaired) electrons. The predicted molar refractivity (Wildman–Crippen MR) is 176 cm³/mol. The number of thioether (sulfide) groups is 3. The molecule has 39 heavy (non-hydrogen) atoms. The third kappa shape index (κ3) is 17.2. The molecule has 2 rings (SSSR count). The summed E-state index contributed by atoms with van der Waals surface area (Å²) in [4.78, 5) is 26.8. The lowest BCUT2D eigenvalue weighted by atomic mass is 10.1. The van der Waals surface area contributed by atoms with Gasteiger partial charge in [0.05, 0.1) is 17.5 Å². The summed E-state index contributed by atoms with van der Waals surface area (Å²) in [5.41, 5.74) is 0.842. The Morgan fingerprint density at radius 3 is 1.90 bits per heavy atom. The molecule has 2 amide bonds. The zero-order valence-electron chi connectivity index (χ0n) is 24.2. The quantitative estimate of drug-likeness (QED) is 0.132. The highest BCUT2D eigenvalue weighted by Crippen LogP contribution is 2.31. The van der Waals surface area contributed by atoms with Crippen molar-refractivity contribution < 1.29 is 9.59 Å². The van der Waals surface area contributed by atoms with Crippen LogP contribution in [0.5, 0.6) is 0 Å². The first kappa shape index (κ1) is 33.9. The molecule has 2 N–H and O–H groups in total. The van der Waals surface area contributed by atoms with Gasteiger partial charge in [0.15, 0.2) is 0 Å². The Kier molecular flexibility index (Phi) is 19.5. The first-order valence-electron chi connectivity index (χ1n) is 15.0. The van der Waals surface area contributed by atoms with Gasteiger partial charge in [0.25, 0.3) is 0 Å². The van der Waals surface area contributed by atoms with E-state index in [0.717, 1.165) is 28.5 Å². The van der Waals surface area contributed by atoms with Crippen molar-refractivity contribution in [1.29, 1.82) is 0 Å². The zero-order chi connectivity index (χ0) is 28.0. The summed E-state index contributed by atoms with van der Waals surface area (Å²) in [6.07, 6.45) is 22.7. The molecule has 0 fully saturated rings. The van der Waals surface area contributed by atoms with Crippen molar-refractivity contribution in [1.82, 2.24) is 5.32 Å². The monoisotopic (exact) mass is 590 g/mol. The molecule has 0 saturated carbocycles. The lowest BCUT2D eigenvalue weighted by Crippen LogP contribution is -2.35. The number of amides is 2. The van der Waals surface area contributed by atoms with Crippen LogP contribution in [-0.2, 0) is 9.59 Å². The van der Waals surface area contributed by atoms with Crippen LogP contribution in [0, 0.1) is 0 Å². The van der Waals surface area contributed by atoms with Crippen molar-refractivity contribution in [2.24, 2.45) is 0 Å². The molecule has 1 atom stereocenters. The fraction of sp³-hybridized carbons (Fsp3) is 0.625. The van der Waals surface area contributed by atoms with Gasteiger partial charge in [0.1, 0.15) is 0 Å². The van der Waals surface area contributed by atoms with Gasteiger partial charge in [-0.15, -0.1) is 0 Å². The second-order valence-electron chi connectivity index (χ2n) is 10.2. The Bertz CT molecular complexity index is 871. The SMILES string of the molecule is CCCCCCCCSCC(=O)Nc1ccc(SC2=CCC(NC(=O)CSCCCCCCCC)C=C2)cc1. The minimum atomic E-state index is 0.0678. The van der Waals surface area contributed by atoms with Gasteiger partial charge in [-0.1, -0.05) is 108 Å². The van der Waals surface area contributed by atoms with Crippen LogP contribution >= 0.6 is 35.3 Å². The van der Waals surface area contributed by atoms with E-state index < -0.39 is 0 Å². The van der Waals surface area contributed by atoms with Crippen LogP contribution in [0.2, 0.25) is 0 Å². The number of unbranched alkanes of at least 4 members (excludes halogenated alkanes) is 10. The van der Waals surface area contributed by atoms with E-state index in [4.69, 9.17) is 0 Å². The van der Waals surface area contributed by atoms with Gasteiger partial charge in [-0.25, -0.2) is 0 Å². The number of carbonyl (C=O) groups excluding carboxylic acids is 2. The molecule has 1 aliphatic rings. The second kappa shape index (κ2) is 22.4. The van der Waals surface area contributed by atoms with Crippen LogP contribution < -0.4 is 10.6 Å². The number of carbonyl (C=O) groups is 2. The number of anilines is 1. The first-order valence-corrected chi connectivity index (χ1v) is 18.1. The summed E-state index contributed by atoms with van der Waals surface area (Å²) in [6.45, 7) is 4.48. The molecular weight excluding hydrogens is 541 g/mol. The van der Waals surface area contributed by atoms with Crippen LogP contribution in [0.3, 0.4) is 0 Å². The van der Waals surface area contributed by atoms with E-state index in [0.29, 0.717) is 11.5 Å². The summed E-state index contributed by atoms with van der Waals surface area (Å²) in [5.74, 6) is 3.38. The Morgan fingerprint density at radius 2 is 1.33 bits per heavy atom. The summed E-state index contributed by atoms with van der Waals surface area (Å²) >= 11 is 5.18. The molecule has 0 saturated heterocycles. The maximum atomic E-state index is 12.3. The molecule has 0 aromatic heterocycles. The number of hydrogen-bond acceptors (Lipinski definition) is 5. The number of rotatable bonds is 22. The van der Waals surface area contributed by atoms with Gasteiger partial charge in [-0.05, 0) is 55.0 Å². The van der Waals surface area contributed by atoms with Crippen LogP contribution in [0.15, 0.2) is 52.3 Å². The highest BCUT2D eigenvalue weighted by molar-refractivity contribution is 8.03. The topological polar surface area (TPSA) is 58.2 Å². The van der Waals surface area contributed by atoms with Crippen LogP contribution in [-0.4, -0.2) is 40.9 Å². The summed E-state index contributed by atoms with van der Waals surface area (Å²) in [7, 11) is 0. The standard InChI is InChI=1S/C32H50N2O2S3/c1-3-5-7-9-11-13-23-37-25-31(35)33-27-15-19-29(20-16-27)39-30-21-17-28(18-22-30)34-32(36)26-38-24-14-12-10-8-6-4-2/h15-17,19-22,28H,3-14,18,23-26H2,1-2H3,(H,33,35)(H,34,36). The maximum absolute atomic E-state index is 12.3. The van der Waals surface area contributed by atoms with Crippen molar-refractivity contribution in [2.75, 3.05) is 28.3 Å². The molecule has 1 aromatic rings. The summed E-state index contributed by atoms with van der Waals surface area (Å²) < 4.78 is 0. The molecule has 1 unspecified atom stereocenters. The van der Waals surface area contributed by atoms with Crippen molar-refractivity contribution in [2.45, 2.75) is 108 Å². The first-order chi connectivity index (χ1) is 19.1. The van der Waals surface area contributed by atoms with E-state index in [1.54, 1.807) is 35.3 Å². The Hall–Kier alpha value is -1.31. The summed E-state index contributed by atoms with van der Waals surface area (Å²) in [5, 5.41) is 6.14.